The maximum Gasteiger partial charge on any atom is 0.407 e. The van der Waals surface area contributed by atoms with Crippen LogP contribution in [0.1, 0.15) is 30.9 Å². The first-order valence-corrected chi connectivity index (χ1v) is 7.18. The predicted molar refractivity (Wildman–Crippen MR) is 75.0 cm³/mol. The molecule has 0 bridgehead atoms. The fraction of sp³-hybridized carbons (Fsp3) is 0.500. The van der Waals surface area contributed by atoms with Crippen LogP contribution in [0, 0.1) is 0 Å². The second-order valence-corrected chi connectivity index (χ2v) is 5.70. The maximum absolute atomic E-state index is 11.3. The quantitative estimate of drug-likeness (QED) is 0.924. The van der Waals surface area contributed by atoms with E-state index in [1.807, 2.05) is 13.0 Å². The maximum atomic E-state index is 11.3. The molecule has 0 unspecified atom stereocenters. The van der Waals surface area contributed by atoms with E-state index in [9.17, 15) is 9.90 Å². The van der Waals surface area contributed by atoms with Crippen molar-refractivity contribution in [2.45, 2.75) is 38.6 Å². The van der Waals surface area contributed by atoms with Gasteiger partial charge in [-0.3, -0.25) is 0 Å². The van der Waals surface area contributed by atoms with Crippen LogP contribution in [0.5, 0.6) is 0 Å². The van der Waals surface area contributed by atoms with Gasteiger partial charge in [-0.1, -0.05) is 28.9 Å². The number of benzene rings is 1. The van der Waals surface area contributed by atoms with E-state index in [4.69, 9.17) is 0 Å². The van der Waals surface area contributed by atoms with Crippen LogP contribution in [0.3, 0.4) is 0 Å². The van der Waals surface area contributed by atoms with Crippen molar-refractivity contribution in [3.8, 4) is 0 Å². The van der Waals surface area contributed by atoms with E-state index in [1.165, 1.54) is 11.1 Å². The number of halogens is 1. The summed E-state index contributed by atoms with van der Waals surface area (Å²) in [7, 11) is 0. The summed E-state index contributed by atoms with van der Waals surface area (Å²) in [5, 5.41) is 9.27. The van der Waals surface area contributed by atoms with Crippen LogP contribution in [0.25, 0.3) is 0 Å². The van der Waals surface area contributed by atoms with E-state index in [-0.39, 0.29) is 6.04 Å². The van der Waals surface area contributed by atoms with Gasteiger partial charge in [0.05, 0.1) is 0 Å². The summed E-state index contributed by atoms with van der Waals surface area (Å²) < 4.78 is 1.10. The summed E-state index contributed by atoms with van der Waals surface area (Å²) in [4.78, 5) is 12.9. The van der Waals surface area contributed by atoms with Gasteiger partial charge in [0.25, 0.3) is 0 Å². The molecule has 1 N–H and O–H groups in total. The van der Waals surface area contributed by atoms with Crippen molar-refractivity contribution in [2.24, 2.45) is 0 Å². The van der Waals surface area contributed by atoms with Gasteiger partial charge in [-0.15, -0.1) is 0 Å². The lowest BCUT2D eigenvalue weighted by atomic mass is 9.87. The summed E-state index contributed by atoms with van der Waals surface area (Å²) in [5.74, 6) is 0. The molecule has 1 aromatic carbocycles. The van der Waals surface area contributed by atoms with Crippen molar-refractivity contribution in [1.29, 1.82) is 0 Å². The normalized spacial score (nSPS) is 18.2. The Morgan fingerprint density at radius 1 is 1.50 bits per heavy atom. The molecule has 18 heavy (non-hydrogen) atoms. The number of carbonyl (C=O) groups is 1. The van der Waals surface area contributed by atoms with Gasteiger partial charge in [0, 0.05) is 17.1 Å². The van der Waals surface area contributed by atoms with Crippen LogP contribution in [0.2, 0.25) is 0 Å². The van der Waals surface area contributed by atoms with Crippen molar-refractivity contribution in [3.05, 3.63) is 33.8 Å². The van der Waals surface area contributed by atoms with E-state index in [0.717, 1.165) is 30.2 Å². The molecule has 3 nitrogen and oxygen atoms in total. The highest BCUT2D eigenvalue weighted by molar-refractivity contribution is 9.10. The minimum absolute atomic E-state index is 0.135. The van der Waals surface area contributed by atoms with Crippen LogP contribution >= 0.6 is 15.9 Å². The Bertz CT molecular complexity index is 447. The zero-order valence-corrected chi connectivity index (χ0v) is 12.1. The number of fused-ring (bicyclic) bond motifs is 1. The van der Waals surface area contributed by atoms with Gasteiger partial charge in [-0.05, 0) is 48.9 Å². The molecular weight excluding hydrogens is 294 g/mol. The number of aryl methyl sites for hydroxylation is 1. The van der Waals surface area contributed by atoms with Crippen LogP contribution in [0.4, 0.5) is 4.79 Å². The van der Waals surface area contributed by atoms with E-state index < -0.39 is 6.09 Å². The summed E-state index contributed by atoms with van der Waals surface area (Å²) in [6, 6.07) is 6.43. The van der Waals surface area contributed by atoms with E-state index in [2.05, 4.69) is 28.1 Å². The number of carboxylic acid groups (broad SMARTS) is 1. The summed E-state index contributed by atoms with van der Waals surface area (Å²) in [5.41, 5.74) is 2.64. The number of hydrogen-bond acceptors (Lipinski definition) is 1. The minimum atomic E-state index is -0.789. The van der Waals surface area contributed by atoms with Crippen molar-refractivity contribution in [2.75, 3.05) is 6.54 Å². The molecular formula is C14H18BrNO2. The molecule has 1 atom stereocenters. The standard InChI is InChI=1S/C14H18BrNO2/c1-2-7-16(14(17)18)13-6-4-10-8-12(15)5-3-11(10)9-13/h3,5,8,13H,2,4,6-7,9H2,1H3,(H,17,18)/t13-/m1/s1. The second-order valence-electron chi connectivity index (χ2n) is 4.79. The van der Waals surface area contributed by atoms with Gasteiger partial charge in [0.15, 0.2) is 0 Å². The number of nitrogens with zero attached hydrogens (tertiary/aromatic N) is 1. The Labute approximate surface area is 116 Å². The molecule has 1 amide bonds. The first-order valence-electron chi connectivity index (χ1n) is 6.38. The molecule has 1 aliphatic rings. The number of amides is 1. The Kier molecular flexibility index (Phi) is 4.27. The predicted octanol–water partition coefficient (Wildman–Crippen LogP) is 3.70. The molecule has 4 heteroatoms. The molecule has 0 heterocycles. The van der Waals surface area contributed by atoms with Crippen molar-refractivity contribution < 1.29 is 9.90 Å². The van der Waals surface area contributed by atoms with Crippen LogP contribution in [0.15, 0.2) is 22.7 Å². The molecule has 0 saturated heterocycles. The lowest BCUT2D eigenvalue weighted by Crippen LogP contribution is -2.43. The lowest BCUT2D eigenvalue weighted by Gasteiger charge is -2.33. The van der Waals surface area contributed by atoms with Gasteiger partial charge in [0.2, 0.25) is 0 Å². The van der Waals surface area contributed by atoms with Gasteiger partial charge >= 0.3 is 6.09 Å². The molecule has 1 aliphatic carbocycles. The lowest BCUT2D eigenvalue weighted by molar-refractivity contribution is 0.119. The minimum Gasteiger partial charge on any atom is -0.465 e. The third-order valence-electron chi connectivity index (χ3n) is 3.52. The molecule has 0 fully saturated rings. The summed E-state index contributed by atoms with van der Waals surface area (Å²) in [6.07, 6.45) is 2.82. The highest BCUT2D eigenvalue weighted by Crippen LogP contribution is 2.27. The average molecular weight is 312 g/mol. The topological polar surface area (TPSA) is 40.5 Å². The summed E-state index contributed by atoms with van der Waals surface area (Å²) >= 11 is 3.48. The van der Waals surface area contributed by atoms with Crippen molar-refractivity contribution >= 4 is 22.0 Å². The third-order valence-corrected chi connectivity index (χ3v) is 4.01. The zero-order valence-electron chi connectivity index (χ0n) is 10.5. The Morgan fingerprint density at radius 3 is 2.94 bits per heavy atom. The van der Waals surface area contributed by atoms with E-state index >= 15 is 0 Å². The molecule has 0 saturated carbocycles. The monoisotopic (exact) mass is 311 g/mol. The number of hydrogen-bond donors (Lipinski definition) is 1. The zero-order chi connectivity index (χ0) is 13.1. The van der Waals surface area contributed by atoms with Gasteiger partial charge in [0.1, 0.15) is 0 Å². The number of rotatable bonds is 3. The molecule has 0 radical (unpaired) electrons. The highest BCUT2D eigenvalue weighted by atomic mass is 79.9. The highest BCUT2D eigenvalue weighted by Gasteiger charge is 2.26. The van der Waals surface area contributed by atoms with E-state index in [0.29, 0.717) is 6.54 Å². The largest absolute Gasteiger partial charge is 0.465 e. The van der Waals surface area contributed by atoms with Crippen LogP contribution in [-0.4, -0.2) is 28.7 Å². The first kappa shape index (κ1) is 13.4. The Morgan fingerprint density at radius 2 is 2.28 bits per heavy atom. The molecule has 0 spiro atoms. The second kappa shape index (κ2) is 5.74. The Hall–Kier alpha value is -1.03. The first-order chi connectivity index (χ1) is 8.61. The van der Waals surface area contributed by atoms with Gasteiger partial charge in [-0.2, -0.15) is 0 Å². The van der Waals surface area contributed by atoms with E-state index in [1.54, 1.807) is 4.90 Å². The van der Waals surface area contributed by atoms with Crippen LogP contribution < -0.4 is 0 Å². The summed E-state index contributed by atoms with van der Waals surface area (Å²) in [6.45, 7) is 2.65. The van der Waals surface area contributed by atoms with Crippen molar-refractivity contribution in [3.63, 3.8) is 0 Å². The molecule has 1 aromatic rings. The SMILES string of the molecule is CCCN(C(=O)O)[C@@H]1CCc2cc(Br)ccc2C1. The molecule has 2 rings (SSSR count). The van der Waals surface area contributed by atoms with Crippen molar-refractivity contribution in [1.82, 2.24) is 4.90 Å². The molecule has 0 aromatic heterocycles. The Balaban J connectivity index is 2.15. The van der Waals surface area contributed by atoms with Gasteiger partial charge < -0.3 is 10.0 Å². The smallest absolute Gasteiger partial charge is 0.407 e. The van der Waals surface area contributed by atoms with Gasteiger partial charge in [-0.25, -0.2) is 4.79 Å². The molecule has 98 valence electrons. The van der Waals surface area contributed by atoms with Crippen LogP contribution in [-0.2, 0) is 12.8 Å². The third kappa shape index (κ3) is 2.86. The molecule has 0 aliphatic heterocycles. The fourth-order valence-corrected chi connectivity index (χ4v) is 3.05. The average Bonchev–Trinajstić information content (AvgIpc) is 2.35. The fourth-order valence-electron chi connectivity index (χ4n) is 2.65.